The molecule has 31 heavy (non-hydrogen) atoms. The van der Waals surface area contributed by atoms with Gasteiger partial charge in [-0.3, -0.25) is 4.79 Å². The Kier molecular flexibility index (Phi) is 6.65. The fraction of sp³-hybridized carbons (Fsp3) is 0.318. The van der Waals surface area contributed by atoms with E-state index in [9.17, 15) is 4.79 Å². The Bertz CT molecular complexity index is 1090. The lowest BCUT2D eigenvalue weighted by Crippen LogP contribution is -2.54. The molecule has 1 atom stereocenters. The molecule has 0 saturated carbocycles. The highest BCUT2D eigenvalue weighted by atomic mass is 35.5. The molecule has 3 aromatic rings. The first kappa shape index (κ1) is 21.9. The highest BCUT2D eigenvalue weighted by Crippen LogP contribution is 2.26. The largest absolute Gasteiger partial charge is 0.497 e. The lowest BCUT2D eigenvalue weighted by atomic mass is 10.1. The molecule has 0 radical (unpaired) electrons. The first-order valence-electron chi connectivity index (χ1n) is 9.91. The van der Waals surface area contributed by atoms with Gasteiger partial charge in [-0.25, -0.2) is 4.98 Å². The van der Waals surface area contributed by atoms with E-state index in [0.29, 0.717) is 41.7 Å². The molecule has 162 valence electrons. The average Bonchev–Trinajstić information content (AvgIpc) is 3.22. The standard InChI is InChI=1S/C22H22Cl2N4O2S/c1-14-13-27(8-9-28(14)21(29)18-7-6-16(23)12-19(18)24)22-25-20(26-31-22)11-15-4-3-5-17(10-15)30-2/h3-7,10,12,14H,8-9,11,13H2,1-2H3. The summed E-state index contributed by atoms with van der Waals surface area (Å²) in [4.78, 5) is 21.7. The van der Waals surface area contributed by atoms with Gasteiger partial charge in [-0.05, 0) is 42.8 Å². The van der Waals surface area contributed by atoms with Crippen molar-refractivity contribution in [2.45, 2.75) is 19.4 Å². The topological polar surface area (TPSA) is 58.6 Å². The SMILES string of the molecule is COc1cccc(Cc2nsc(N3CCN(C(=O)c4ccc(Cl)cc4Cl)C(C)C3)n2)c1. The van der Waals surface area contributed by atoms with Crippen LogP contribution < -0.4 is 9.64 Å². The van der Waals surface area contributed by atoms with Gasteiger partial charge in [0.05, 0.1) is 17.7 Å². The van der Waals surface area contributed by atoms with Crippen LogP contribution in [0.1, 0.15) is 28.7 Å². The minimum atomic E-state index is -0.0789. The molecule has 1 saturated heterocycles. The van der Waals surface area contributed by atoms with E-state index >= 15 is 0 Å². The number of halogens is 2. The van der Waals surface area contributed by atoms with E-state index in [-0.39, 0.29) is 11.9 Å². The third-order valence-electron chi connectivity index (χ3n) is 5.27. The summed E-state index contributed by atoms with van der Waals surface area (Å²) >= 11 is 13.6. The zero-order valence-electron chi connectivity index (χ0n) is 17.2. The number of amides is 1. The van der Waals surface area contributed by atoms with Gasteiger partial charge in [-0.15, -0.1) is 0 Å². The zero-order valence-corrected chi connectivity index (χ0v) is 19.5. The number of methoxy groups -OCH3 is 1. The summed E-state index contributed by atoms with van der Waals surface area (Å²) in [5, 5.41) is 1.76. The van der Waals surface area contributed by atoms with E-state index in [1.165, 1.54) is 11.5 Å². The van der Waals surface area contributed by atoms with Crippen LogP contribution in [0.5, 0.6) is 5.75 Å². The third kappa shape index (κ3) is 4.95. The van der Waals surface area contributed by atoms with Crippen molar-refractivity contribution in [3.05, 3.63) is 69.5 Å². The van der Waals surface area contributed by atoms with Gasteiger partial charge in [0.25, 0.3) is 5.91 Å². The number of carbonyl (C=O) groups is 1. The summed E-state index contributed by atoms with van der Waals surface area (Å²) in [5.74, 6) is 1.53. The van der Waals surface area contributed by atoms with Crippen LogP contribution in [-0.4, -0.2) is 53.0 Å². The number of nitrogens with zero attached hydrogens (tertiary/aromatic N) is 4. The van der Waals surface area contributed by atoms with Crippen molar-refractivity contribution in [3.63, 3.8) is 0 Å². The summed E-state index contributed by atoms with van der Waals surface area (Å²) < 4.78 is 9.81. The lowest BCUT2D eigenvalue weighted by Gasteiger charge is -2.39. The Morgan fingerprint density at radius 1 is 1.23 bits per heavy atom. The summed E-state index contributed by atoms with van der Waals surface area (Å²) in [6, 6.07) is 12.9. The van der Waals surface area contributed by atoms with E-state index in [4.69, 9.17) is 32.9 Å². The number of benzene rings is 2. The molecule has 0 N–H and O–H groups in total. The second-order valence-corrected chi connectivity index (χ2v) is 9.01. The number of rotatable bonds is 5. The zero-order chi connectivity index (χ0) is 22.0. The molecule has 4 rings (SSSR count). The predicted octanol–water partition coefficient (Wildman–Crippen LogP) is 4.80. The molecule has 9 heteroatoms. The molecule has 1 amide bonds. The number of ether oxygens (including phenoxy) is 1. The molecule has 1 aromatic heterocycles. The molecular weight excluding hydrogens is 455 g/mol. The van der Waals surface area contributed by atoms with Gasteiger partial charge < -0.3 is 14.5 Å². The highest BCUT2D eigenvalue weighted by molar-refractivity contribution is 7.09. The highest BCUT2D eigenvalue weighted by Gasteiger charge is 2.30. The molecule has 1 fully saturated rings. The molecule has 1 unspecified atom stereocenters. The Morgan fingerprint density at radius 2 is 2.06 bits per heavy atom. The van der Waals surface area contributed by atoms with Gasteiger partial charge in [-0.2, -0.15) is 4.37 Å². The predicted molar refractivity (Wildman–Crippen MR) is 125 cm³/mol. The van der Waals surface area contributed by atoms with Crippen molar-refractivity contribution in [2.75, 3.05) is 31.6 Å². The minimum Gasteiger partial charge on any atom is -0.497 e. The van der Waals surface area contributed by atoms with Crippen molar-refractivity contribution >= 4 is 45.8 Å². The number of aromatic nitrogens is 2. The molecule has 2 aromatic carbocycles. The molecule has 2 heterocycles. The summed E-state index contributed by atoms with van der Waals surface area (Å²) in [6.45, 7) is 4.00. The van der Waals surface area contributed by atoms with Gasteiger partial charge >= 0.3 is 0 Å². The van der Waals surface area contributed by atoms with Crippen molar-refractivity contribution in [2.24, 2.45) is 0 Å². The number of hydrogen-bond donors (Lipinski definition) is 0. The maximum atomic E-state index is 13.0. The molecule has 0 aliphatic carbocycles. The van der Waals surface area contributed by atoms with Crippen molar-refractivity contribution in [1.29, 1.82) is 0 Å². The molecule has 1 aliphatic rings. The molecule has 6 nitrogen and oxygen atoms in total. The third-order valence-corrected chi connectivity index (χ3v) is 6.64. The normalized spacial score (nSPS) is 16.5. The fourth-order valence-corrected chi connectivity index (χ4v) is 4.87. The lowest BCUT2D eigenvalue weighted by molar-refractivity contribution is 0.0674. The number of anilines is 1. The van der Waals surface area contributed by atoms with Crippen molar-refractivity contribution in [3.8, 4) is 5.75 Å². The smallest absolute Gasteiger partial charge is 0.255 e. The van der Waals surface area contributed by atoms with E-state index in [1.807, 2.05) is 36.1 Å². The van der Waals surface area contributed by atoms with Gasteiger partial charge in [0.2, 0.25) is 5.13 Å². The molecular formula is C22H22Cl2N4O2S. The van der Waals surface area contributed by atoms with E-state index in [2.05, 4.69) is 9.27 Å². The monoisotopic (exact) mass is 476 g/mol. The average molecular weight is 477 g/mol. The quantitative estimate of drug-likeness (QED) is 0.529. The van der Waals surface area contributed by atoms with Crippen LogP contribution in [0.2, 0.25) is 10.0 Å². The second-order valence-electron chi connectivity index (χ2n) is 7.44. The van der Waals surface area contributed by atoms with Crippen LogP contribution in [0.25, 0.3) is 0 Å². The summed E-state index contributed by atoms with van der Waals surface area (Å²) in [7, 11) is 1.66. The van der Waals surface area contributed by atoms with E-state index in [1.54, 1.807) is 25.3 Å². The fourth-order valence-electron chi connectivity index (χ4n) is 3.66. The minimum absolute atomic E-state index is 0.0127. The van der Waals surface area contributed by atoms with E-state index in [0.717, 1.165) is 22.3 Å². The van der Waals surface area contributed by atoms with Crippen LogP contribution in [0, 0.1) is 0 Å². The van der Waals surface area contributed by atoms with Gasteiger partial charge in [0.15, 0.2) is 0 Å². The number of hydrogen-bond acceptors (Lipinski definition) is 6. The second kappa shape index (κ2) is 9.42. The Hall–Kier alpha value is -2.35. The van der Waals surface area contributed by atoms with Crippen molar-refractivity contribution in [1.82, 2.24) is 14.3 Å². The molecule has 1 aliphatic heterocycles. The summed E-state index contributed by atoms with van der Waals surface area (Å²) in [6.07, 6.45) is 0.650. The molecule has 0 bridgehead atoms. The molecule has 0 spiro atoms. The maximum absolute atomic E-state index is 13.0. The Balaban J connectivity index is 1.41. The van der Waals surface area contributed by atoms with Crippen LogP contribution in [0.15, 0.2) is 42.5 Å². The maximum Gasteiger partial charge on any atom is 0.255 e. The van der Waals surface area contributed by atoms with Crippen LogP contribution in [0.3, 0.4) is 0 Å². The van der Waals surface area contributed by atoms with Gasteiger partial charge in [-0.1, -0.05) is 35.3 Å². The van der Waals surface area contributed by atoms with Gasteiger partial charge in [0.1, 0.15) is 11.6 Å². The van der Waals surface area contributed by atoms with E-state index < -0.39 is 0 Å². The Labute approximate surface area is 195 Å². The van der Waals surface area contributed by atoms with Crippen LogP contribution >= 0.6 is 34.7 Å². The van der Waals surface area contributed by atoms with Crippen LogP contribution in [0.4, 0.5) is 5.13 Å². The number of carbonyl (C=O) groups excluding carboxylic acids is 1. The first-order chi connectivity index (χ1) is 14.9. The van der Waals surface area contributed by atoms with Crippen molar-refractivity contribution < 1.29 is 9.53 Å². The Morgan fingerprint density at radius 3 is 2.81 bits per heavy atom. The summed E-state index contributed by atoms with van der Waals surface area (Å²) in [5.41, 5.74) is 1.58. The van der Waals surface area contributed by atoms with Gasteiger partial charge in [0, 0.05) is 48.7 Å². The first-order valence-corrected chi connectivity index (χ1v) is 11.4. The number of piperazine rings is 1. The van der Waals surface area contributed by atoms with Crippen LogP contribution in [-0.2, 0) is 6.42 Å².